The fourth-order valence-corrected chi connectivity index (χ4v) is 3.15. The number of hydrogen-bond acceptors (Lipinski definition) is 4. The summed E-state index contributed by atoms with van der Waals surface area (Å²) >= 11 is 0. The van der Waals surface area contributed by atoms with E-state index in [1.807, 2.05) is 4.90 Å². The molecule has 116 valence electrons. The van der Waals surface area contributed by atoms with E-state index in [-0.39, 0.29) is 11.8 Å². The molecule has 21 heavy (non-hydrogen) atoms. The lowest BCUT2D eigenvalue weighted by Gasteiger charge is -2.35. The Morgan fingerprint density at radius 1 is 1.14 bits per heavy atom. The van der Waals surface area contributed by atoms with Gasteiger partial charge in [-0.15, -0.1) is 0 Å². The van der Waals surface area contributed by atoms with Crippen molar-refractivity contribution >= 4 is 11.8 Å². The minimum absolute atomic E-state index is 0.0743. The summed E-state index contributed by atoms with van der Waals surface area (Å²) in [6, 6.07) is 2.30. The Morgan fingerprint density at radius 3 is 2.29 bits per heavy atom. The number of amides is 2. The molecule has 1 heterocycles. The molecule has 6 heteroatoms. The number of piperazine rings is 1. The molecule has 1 aliphatic carbocycles. The van der Waals surface area contributed by atoms with Crippen LogP contribution in [-0.4, -0.2) is 59.9 Å². The molecule has 0 aromatic heterocycles. The van der Waals surface area contributed by atoms with Crippen molar-refractivity contribution in [1.29, 1.82) is 5.26 Å². The van der Waals surface area contributed by atoms with Crippen LogP contribution in [0, 0.1) is 11.3 Å². The molecule has 0 bridgehead atoms. The van der Waals surface area contributed by atoms with Crippen molar-refractivity contribution in [1.82, 2.24) is 15.1 Å². The molecular weight excluding hydrogens is 268 g/mol. The van der Waals surface area contributed by atoms with E-state index >= 15 is 0 Å². The van der Waals surface area contributed by atoms with Gasteiger partial charge in [-0.05, 0) is 12.8 Å². The summed E-state index contributed by atoms with van der Waals surface area (Å²) in [5.41, 5.74) is -0.656. The number of carbonyl (C=O) groups is 2. The molecule has 0 spiro atoms. The summed E-state index contributed by atoms with van der Waals surface area (Å²) in [7, 11) is 0. The summed E-state index contributed by atoms with van der Waals surface area (Å²) in [6.45, 7) is 4.66. The van der Waals surface area contributed by atoms with Crippen molar-refractivity contribution in [2.24, 2.45) is 0 Å². The van der Waals surface area contributed by atoms with E-state index in [4.69, 9.17) is 0 Å². The van der Waals surface area contributed by atoms with Gasteiger partial charge in [0.05, 0.1) is 12.6 Å². The van der Waals surface area contributed by atoms with Gasteiger partial charge in [-0.2, -0.15) is 5.26 Å². The molecule has 0 atom stereocenters. The lowest BCUT2D eigenvalue weighted by atomic mass is 9.83. The molecule has 1 saturated heterocycles. The van der Waals surface area contributed by atoms with Crippen molar-refractivity contribution in [3.05, 3.63) is 0 Å². The summed E-state index contributed by atoms with van der Waals surface area (Å²) in [5, 5.41) is 12.3. The zero-order chi connectivity index (χ0) is 15.3. The van der Waals surface area contributed by atoms with Gasteiger partial charge < -0.3 is 10.2 Å². The van der Waals surface area contributed by atoms with Gasteiger partial charge in [0.15, 0.2) is 0 Å². The first-order chi connectivity index (χ1) is 10.0. The van der Waals surface area contributed by atoms with Gasteiger partial charge in [-0.3, -0.25) is 14.5 Å². The first-order valence-corrected chi connectivity index (χ1v) is 7.75. The standard InChI is InChI=1S/C15H24N4O2/c1-13(20)19-9-7-18(8-10-19)11-14(21)17-15(12-16)5-3-2-4-6-15/h2-11H2,1H3,(H,17,21). The minimum Gasteiger partial charge on any atom is -0.340 e. The molecule has 0 aromatic rings. The van der Waals surface area contributed by atoms with Crippen LogP contribution in [0.25, 0.3) is 0 Å². The summed E-state index contributed by atoms with van der Waals surface area (Å²) in [6.07, 6.45) is 4.67. The molecule has 6 nitrogen and oxygen atoms in total. The highest BCUT2D eigenvalue weighted by atomic mass is 16.2. The predicted molar refractivity (Wildman–Crippen MR) is 78.3 cm³/mol. The Balaban J connectivity index is 1.80. The van der Waals surface area contributed by atoms with Gasteiger partial charge in [0, 0.05) is 33.1 Å². The molecule has 1 aliphatic heterocycles. The van der Waals surface area contributed by atoms with Gasteiger partial charge in [0.1, 0.15) is 5.54 Å². The van der Waals surface area contributed by atoms with Crippen molar-refractivity contribution < 1.29 is 9.59 Å². The van der Waals surface area contributed by atoms with Crippen LogP contribution < -0.4 is 5.32 Å². The van der Waals surface area contributed by atoms with E-state index in [9.17, 15) is 14.9 Å². The van der Waals surface area contributed by atoms with E-state index < -0.39 is 5.54 Å². The third-order valence-electron chi connectivity index (χ3n) is 4.48. The third kappa shape index (κ3) is 4.18. The minimum atomic E-state index is -0.656. The maximum atomic E-state index is 12.2. The van der Waals surface area contributed by atoms with Crippen molar-refractivity contribution in [3.63, 3.8) is 0 Å². The summed E-state index contributed by atoms with van der Waals surface area (Å²) in [4.78, 5) is 27.3. The molecule has 0 radical (unpaired) electrons. The molecule has 0 aromatic carbocycles. The van der Waals surface area contributed by atoms with Crippen molar-refractivity contribution in [2.45, 2.75) is 44.6 Å². The number of carbonyl (C=O) groups excluding carboxylic acids is 2. The summed E-state index contributed by atoms with van der Waals surface area (Å²) in [5.74, 6) is 0.0134. The van der Waals surface area contributed by atoms with E-state index in [0.717, 1.165) is 32.1 Å². The van der Waals surface area contributed by atoms with Gasteiger partial charge in [-0.25, -0.2) is 0 Å². The van der Waals surface area contributed by atoms with E-state index in [1.54, 1.807) is 11.8 Å². The van der Waals surface area contributed by atoms with Crippen LogP contribution in [0.2, 0.25) is 0 Å². The van der Waals surface area contributed by atoms with Crippen LogP contribution in [0.1, 0.15) is 39.0 Å². The lowest BCUT2D eigenvalue weighted by Crippen LogP contribution is -2.54. The molecule has 1 saturated carbocycles. The fraction of sp³-hybridized carbons (Fsp3) is 0.800. The zero-order valence-electron chi connectivity index (χ0n) is 12.7. The summed E-state index contributed by atoms with van der Waals surface area (Å²) < 4.78 is 0. The number of nitrogens with one attached hydrogen (secondary N) is 1. The second-order valence-electron chi connectivity index (χ2n) is 6.08. The highest BCUT2D eigenvalue weighted by Crippen LogP contribution is 2.27. The lowest BCUT2D eigenvalue weighted by molar-refractivity contribution is -0.131. The van der Waals surface area contributed by atoms with Crippen LogP contribution in [0.15, 0.2) is 0 Å². The number of hydrogen-bond donors (Lipinski definition) is 1. The van der Waals surface area contributed by atoms with Crippen LogP contribution >= 0.6 is 0 Å². The van der Waals surface area contributed by atoms with Crippen LogP contribution in [0.4, 0.5) is 0 Å². The first-order valence-electron chi connectivity index (χ1n) is 7.75. The van der Waals surface area contributed by atoms with Gasteiger partial charge >= 0.3 is 0 Å². The van der Waals surface area contributed by atoms with Gasteiger partial charge in [0.2, 0.25) is 11.8 Å². The fourth-order valence-electron chi connectivity index (χ4n) is 3.15. The SMILES string of the molecule is CC(=O)N1CCN(CC(=O)NC2(C#N)CCCCC2)CC1. The maximum absolute atomic E-state index is 12.2. The average molecular weight is 292 g/mol. The molecule has 0 unspecified atom stereocenters. The quantitative estimate of drug-likeness (QED) is 0.821. The normalized spacial score (nSPS) is 22.4. The number of nitriles is 1. The van der Waals surface area contributed by atoms with E-state index in [1.165, 1.54) is 0 Å². The van der Waals surface area contributed by atoms with Gasteiger partial charge in [-0.1, -0.05) is 19.3 Å². The number of rotatable bonds is 3. The molecule has 2 aliphatic rings. The van der Waals surface area contributed by atoms with Crippen molar-refractivity contribution in [2.75, 3.05) is 32.7 Å². The second-order valence-corrected chi connectivity index (χ2v) is 6.08. The Morgan fingerprint density at radius 2 is 1.76 bits per heavy atom. The Kier molecular flexibility index (Phi) is 5.18. The van der Waals surface area contributed by atoms with Crippen LogP contribution in [0.5, 0.6) is 0 Å². The highest BCUT2D eigenvalue weighted by Gasteiger charge is 2.34. The predicted octanol–water partition coefficient (Wildman–Crippen LogP) is 0.493. The Hall–Kier alpha value is -1.61. The maximum Gasteiger partial charge on any atom is 0.235 e. The number of nitrogens with zero attached hydrogens (tertiary/aromatic N) is 3. The third-order valence-corrected chi connectivity index (χ3v) is 4.48. The Labute approximate surface area is 126 Å². The topological polar surface area (TPSA) is 76.4 Å². The van der Waals surface area contributed by atoms with Crippen molar-refractivity contribution in [3.8, 4) is 6.07 Å². The first kappa shape index (κ1) is 15.8. The smallest absolute Gasteiger partial charge is 0.235 e. The molecule has 2 fully saturated rings. The monoisotopic (exact) mass is 292 g/mol. The van der Waals surface area contributed by atoms with Crippen LogP contribution in [-0.2, 0) is 9.59 Å². The second kappa shape index (κ2) is 6.90. The zero-order valence-corrected chi connectivity index (χ0v) is 12.7. The molecule has 2 amide bonds. The largest absolute Gasteiger partial charge is 0.340 e. The van der Waals surface area contributed by atoms with Crippen LogP contribution in [0.3, 0.4) is 0 Å². The molecular formula is C15H24N4O2. The molecule has 1 N–H and O–H groups in total. The Bertz CT molecular complexity index is 429. The van der Waals surface area contributed by atoms with E-state index in [2.05, 4.69) is 11.4 Å². The van der Waals surface area contributed by atoms with Gasteiger partial charge in [0.25, 0.3) is 0 Å². The molecule has 2 rings (SSSR count). The highest BCUT2D eigenvalue weighted by molar-refractivity contribution is 5.79. The van der Waals surface area contributed by atoms with E-state index in [0.29, 0.717) is 32.7 Å². The average Bonchev–Trinajstić information content (AvgIpc) is 2.48.